The van der Waals surface area contributed by atoms with Crippen LogP contribution < -0.4 is 4.90 Å². The maximum absolute atomic E-state index is 7.25. The van der Waals surface area contributed by atoms with Crippen LogP contribution in [0.4, 0.5) is 11.4 Å². The van der Waals surface area contributed by atoms with E-state index < -0.39 is 0 Å². The SMILES string of the molecule is [C-]#[N+]c1ccc2c(N(Cc3ccccn3)Cc3ccccn3)cccc2c1.[Cl][Cu+]. The van der Waals surface area contributed by atoms with Gasteiger partial charge in [0.25, 0.3) is 0 Å². The first-order valence-electron chi connectivity index (χ1n) is 8.90. The van der Waals surface area contributed by atoms with Crippen LogP contribution in [0.25, 0.3) is 15.6 Å². The van der Waals surface area contributed by atoms with Gasteiger partial charge in [-0.2, -0.15) is 0 Å². The summed E-state index contributed by atoms with van der Waals surface area (Å²) in [5, 5.41) is 2.19. The predicted octanol–water partition coefficient (Wildman–Crippen LogP) is 6.07. The van der Waals surface area contributed by atoms with Crippen molar-refractivity contribution in [3.8, 4) is 0 Å². The van der Waals surface area contributed by atoms with Crippen molar-refractivity contribution in [3.05, 3.63) is 108 Å². The van der Waals surface area contributed by atoms with Gasteiger partial charge in [0, 0.05) is 23.5 Å². The van der Waals surface area contributed by atoms with Crippen LogP contribution in [0.15, 0.2) is 85.2 Å². The Hall–Kier alpha value is -2.90. The summed E-state index contributed by atoms with van der Waals surface area (Å²) in [4.78, 5) is 14.8. The van der Waals surface area contributed by atoms with Crippen molar-refractivity contribution < 1.29 is 15.1 Å². The van der Waals surface area contributed by atoms with Crippen molar-refractivity contribution in [2.24, 2.45) is 0 Å². The number of nitrogens with zero attached hydrogens (tertiary/aromatic N) is 4. The molecule has 6 heteroatoms. The predicted molar refractivity (Wildman–Crippen MR) is 114 cm³/mol. The van der Waals surface area contributed by atoms with E-state index in [9.17, 15) is 0 Å². The van der Waals surface area contributed by atoms with Gasteiger partial charge in [0.2, 0.25) is 0 Å². The monoisotopic (exact) mass is 448 g/mol. The first-order valence-corrected chi connectivity index (χ1v) is 10.2. The van der Waals surface area contributed by atoms with Crippen LogP contribution in [0.3, 0.4) is 0 Å². The van der Waals surface area contributed by atoms with Crippen LogP contribution in [-0.2, 0) is 28.2 Å². The van der Waals surface area contributed by atoms with E-state index in [1.165, 1.54) is 0 Å². The summed E-state index contributed by atoms with van der Waals surface area (Å²) < 4.78 is 0. The number of benzene rings is 2. The van der Waals surface area contributed by atoms with Gasteiger partial charge in [-0.15, -0.1) is 0 Å². The van der Waals surface area contributed by atoms with Crippen LogP contribution in [0.5, 0.6) is 0 Å². The molecule has 0 unspecified atom stereocenters. The Morgan fingerprint density at radius 3 is 2.03 bits per heavy atom. The molecule has 147 valence electrons. The zero-order valence-corrected chi connectivity index (χ0v) is 17.2. The molecule has 29 heavy (non-hydrogen) atoms. The number of halogens is 1. The minimum atomic E-state index is 0.653. The van der Waals surface area contributed by atoms with Crippen molar-refractivity contribution in [2.45, 2.75) is 13.1 Å². The van der Waals surface area contributed by atoms with E-state index in [1.54, 1.807) is 0 Å². The van der Waals surface area contributed by atoms with Crippen molar-refractivity contribution >= 4 is 32.2 Å². The second kappa shape index (κ2) is 10.6. The van der Waals surface area contributed by atoms with Crippen LogP contribution in [0, 0.1) is 6.57 Å². The van der Waals surface area contributed by atoms with Gasteiger partial charge < -0.3 is 4.90 Å². The molecule has 4 aromatic rings. The molecular weight excluding hydrogens is 431 g/mol. The van der Waals surface area contributed by atoms with Gasteiger partial charge in [0.1, 0.15) is 0 Å². The van der Waals surface area contributed by atoms with Gasteiger partial charge in [-0.1, -0.05) is 36.4 Å². The second-order valence-corrected chi connectivity index (χ2v) is 6.29. The fourth-order valence-corrected chi connectivity index (χ4v) is 3.20. The van der Waals surface area contributed by atoms with Crippen molar-refractivity contribution in [3.63, 3.8) is 0 Å². The Morgan fingerprint density at radius 1 is 0.828 bits per heavy atom. The molecule has 0 aliphatic carbocycles. The first kappa shape index (κ1) is 20.8. The molecule has 0 amide bonds. The molecule has 2 aromatic heterocycles. The molecule has 2 aromatic carbocycles. The molecule has 0 atom stereocenters. The molecule has 0 radical (unpaired) electrons. The summed E-state index contributed by atoms with van der Waals surface area (Å²) in [6, 6.07) is 24.0. The van der Waals surface area contributed by atoms with E-state index >= 15 is 0 Å². The van der Waals surface area contributed by atoms with Crippen molar-refractivity contribution in [2.75, 3.05) is 4.90 Å². The molecule has 0 aliphatic rings. The Bertz CT molecular complexity index is 1060. The molecule has 0 fully saturated rings. The van der Waals surface area contributed by atoms with Gasteiger partial charge in [-0.05, 0) is 41.8 Å². The van der Waals surface area contributed by atoms with Crippen molar-refractivity contribution in [1.29, 1.82) is 0 Å². The third-order valence-electron chi connectivity index (χ3n) is 4.47. The molecule has 0 N–H and O–H groups in total. The molecule has 0 saturated heterocycles. The quantitative estimate of drug-likeness (QED) is 0.274. The van der Waals surface area contributed by atoms with Crippen LogP contribution in [0.2, 0.25) is 0 Å². The van der Waals surface area contributed by atoms with Gasteiger partial charge in [-0.25, -0.2) is 4.85 Å². The summed E-state index contributed by atoms with van der Waals surface area (Å²) in [6.45, 7) is 8.62. The fraction of sp³-hybridized carbons (Fsp3) is 0.0870. The van der Waals surface area contributed by atoms with E-state index in [0.29, 0.717) is 18.8 Å². The van der Waals surface area contributed by atoms with Crippen molar-refractivity contribution in [1.82, 2.24) is 9.97 Å². The summed E-state index contributed by atoms with van der Waals surface area (Å²) in [5.41, 5.74) is 3.77. The maximum atomic E-state index is 7.25. The minimum absolute atomic E-state index is 0.653. The molecule has 0 saturated carbocycles. The van der Waals surface area contributed by atoms with E-state index in [4.69, 9.17) is 6.57 Å². The van der Waals surface area contributed by atoms with Crippen LogP contribution in [-0.4, -0.2) is 9.97 Å². The molecular formula is C23H18ClCuN4+. The topological polar surface area (TPSA) is 33.4 Å². The summed E-state index contributed by atoms with van der Waals surface area (Å²) in [5.74, 6) is 0. The Kier molecular flexibility index (Phi) is 7.61. The third kappa shape index (κ3) is 5.34. The Labute approximate surface area is 183 Å². The van der Waals surface area contributed by atoms with E-state index in [2.05, 4.69) is 51.0 Å². The van der Waals surface area contributed by atoms with Gasteiger partial charge in [-0.3, -0.25) is 9.97 Å². The number of hydrogen-bond acceptors (Lipinski definition) is 3. The summed E-state index contributed by atoms with van der Waals surface area (Å²) in [6.07, 6.45) is 3.64. The number of fused-ring (bicyclic) bond motifs is 1. The third-order valence-corrected chi connectivity index (χ3v) is 4.47. The summed E-state index contributed by atoms with van der Waals surface area (Å²) >= 11 is 3.66. The standard InChI is InChI=1S/C23H18N4.ClH.Cu/c1-24-19-11-12-22-18(15-19)7-6-10-23(22)27(16-20-8-2-4-13-25-20)17-21-9-3-5-14-26-21;;/h2-15H,16-17H2;1H;/q;;+2/p-1. The Balaban J connectivity index is 0.00000117. The molecule has 4 rings (SSSR count). The molecule has 0 aliphatic heterocycles. The number of anilines is 1. The molecule has 0 spiro atoms. The van der Waals surface area contributed by atoms with Gasteiger partial charge in [0.05, 0.1) is 31.0 Å². The van der Waals surface area contributed by atoms with Crippen LogP contribution in [0.1, 0.15) is 11.4 Å². The molecule has 0 bridgehead atoms. The molecule has 2 heterocycles. The van der Waals surface area contributed by atoms with Gasteiger partial charge >= 0.3 is 25.2 Å². The second-order valence-electron chi connectivity index (χ2n) is 6.29. The zero-order valence-electron chi connectivity index (χ0n) is 15.5. The van der Waals surface area contributed by atoms with E-state index in [-0.39, 0.29) is 0 Å². The normalized spacial score (nSPS) is 10.0. The first-order chi connectivity index (χ1) is 14.3. The average molecular weight is 449 g/mol. The van der Waals surface area contributed by atoms with E-state index in [0.717, 1.165) is 27.8 Å². The van der Waals surface area contributed by atoms with Crippen LogP contribution >= 0.6 is 10.1 Å². The zero-order chi connectivity index (χ0) is 20.5. The fourth-order valence-electron chi connectivity index (χ4n) is 3.20. The van der Waals surface area contributed by atoms with Gasteiger partial charge in [0.15, 0.2) is 5.69 Å². The summed E-state index contributed by atoms with van der Waals surface area (Å²) in [7, 11) is 4.20. The number of pyridine rings is 2. The molecule has 4 nitrogen and oxygen atoms in total. The number of aromatic nitrogens is 2. The number of hydrogen-bond donors (Lipinski definition) is 0. The average Bonchev–Trinajstić information content (AvgIpc) is 2.80. The Morgan fingerprint density at radius 2 is 1.48 bits per heavy atom. The number of rotatable bonds is 5. The van der Waals surface area contributed by atoms with E-state index in [1.807, 2.05) is 79.1 Å².